The number of thioether (sulfide) groups is 1. The van der Waals surface area contributed by atoms with E-state index in [9.17, 15) is 9.59 Å². The van der Waals surface area contributed by atoms with E-state index in [4.69, 9.17) is 0 Å². The van der Waals surface area contributed by atoms with Crippen LogP contribution in [0.5, 0.6) is 0 Å². The quantitative estimate of drug-likeness (QED) is 0.320. The number of carbonyl (C=O) groups is 2. The van der Waals surface area contributed by atoms with Crippen LogP contribution in [0.15, 0.2) is 63.8 Å². The van der Waals surface area contributed by atoms with Crippen LogP contribution in [0.3, 0.4) is 0 Å². The average Bonchev–Trinajstić information content (AvgIpc) is 3.26. The Hall–Kier alpha value is -2.64. The minimum Gasteiger partial charge on any atom is -0.355 e. The molecule has 0 spiro atoms. The zero-order chi connectivity index (χ0) is 22.2. The molecule has 1 aliphatic carbocycles. The second kappa shape index (κ2) is 11.3. The van der Waals surface area contributed by atoms with Crippen molar-refractivity contribution < 1.29 is 9.59 Å². The SMILES string of the molecule is O=C(Cc1csc(SCC(=O)Nc2cccc3ccccc23)n1)NCCC1=CCCCC1. The summed E-state index contributed by atoms with van der Waals surface area (Å²) >= 11 is 2.87. The van der Waals surface area contributed by atoms with Gasteiger partial charge < -0.3 is 10.6 Å². The molecule has 2 aromatic carbocycles. The lowest BCUT2D eigenvalue weighted by Gasteiger charge is -2.12. The summed E-state index contributed by atoms with van der Waals surface area (Å²) in [5.41, 5.74) is 3.03. The first-order valence-electron chi connectivity index (χ1n) is 11.0. The Labute approximate surface area is 196 Å². The van der Waals surface area contributed by atoms with E-state index in [1.165, 1.54) is 47.9 Å². The standard InChI is InChI=1S/C25H27N3O2S2/c29-23(26-14-13-18-7-2-1-3-8-18)15-20-16-31-25(27-20)32-17-24(30)28-22-12-6-10-19-9-4-5-11-21(19)22/h4-7,9-12,16H,1-3,8,13-15,17H2,(H,26,29)(H,28,30). The zero-order valence-corrected chi connectivity index (χ0v) is 19.6. The maximum atomic E-state index is 12.4. The number of aromatic nitrogens is 1. The zero-order valence-electron chi connectivity index (χ0n) is 17.9. The lowest BCUT2D eigenvalue weighted by atomic mass is 9.97. The Bertz CT molecular complexity index is 1120. The molecule has 0 aliphatic heterocycles. The molecule has 1 aromatic heterocycles. The molecule has 7 heteroatoms. The fourth-order valence-corrected chi connectivity index (χ4v) is 5.45. The Morgan fingerprint density at radius 3 is 2.81 bits per heavy atom. The first kappa shape index (κ1) is 22.6. The molecule has 0 bridgehead atoms. The van der Waals surface area contributed by atoms with Crippen LogP contribution in [0.4, 0.5) is 5.69 Å². The molecule has 166 valence electrons. The smallest absolute Gasteiger partial charge is 0.234 e. The van der Waals surface area contributed by atoms with Gasteiger partial charge in [-0.05, 0) is 43.6 Å². The molecule has 0 fully saturated rings. The molecule has 3 aromatic rings. The summed E-state index contributed by atoms with van der Waals surface area (Å²) in [6, 6.07) is 13.9. The van der Waals surface area contributed by atoms with Gasteiger partial charge in [0.2, 0.25) is 11.8 Å². The first-order valence-corrected chi connectivity index (χ1v) is 12.8. The van der Waals surface area contributed by atoms with Crippen LogP contribution in [-0.4, -0.2) is 29.1 Å². The largest absolute Gasteiger partial charge is 0.355 e. The van der Waals surface area contributed by atoms with E-state index in [2.05, 4.69) is 21.7 Å². The third-order valence-corrected chi connectivity index (χ3v) is 7.49. The number of carbonyl (C=O) groups excluding carboxylic acids is 2. The minimum absolute atomic E-state index is 0.00282. The van der Waals surface area contributed by atoms with Crippen LogP contribution in [0.2, 0.25) is 0 Å². The van der Waals surface area contributed by atoms with Gasteiger partial charge in [-0.2, -0.15) is 0 Å². The molecular weight excluding hydrogens is 438 g/mol. The van der Waals surface area contributed by atoms with Crippen LogP contribution in [0, 0.1) is 0 Å². The highest BCUT2D eigenvalue weighted by molar-refractivity contribution is 8.01. The highest BCUT2D eigenvalue weighted by atomic mass is 32.2. The molecule has 0 radical (unpaired) electrons. The van der Waals surface area contributed by atoms with Gasteiger partial charge in [-0.15, -0.1) is 11.3 Å². The molecule has 0 saturated carbocycles. The van der Waals surface area contributed by atoms with Crippen LogP contribution >= 0.6 is 23.1 Å². The van der Waals surface area contributed by atoms with Crippen molar-refractivity contribution in [2.75, 3.05) is 17.6 Å². The molecule has 0 atom stereocenters. The molecule has 0 saturated heterocycles. The first-order chi connectivity index (χ1) is 15.7. The Morgan fingerprint density at radius 2 is 1.94 bits per heavy atom. The summed E-state index contributed by atoms with van der Waals surface area (Å²) < 4.78 is 0.799. The van der Waals surface area contributed by atoms with Crippen LogP contribution < -0.4 is 10.6 Å². The predicted octanol–water partition coefficient (Wildman–Crippen LogP) is 5.58. The van der Waals surface area contributed by atoms with Gasteiger partial charge in [0, 0.05) is 23.0 Å². The van der Waals surface area contributed by atoms with Crippen molar-refractivity contribution in [2.45, 2.75) is 42.9 Å². The summed E-state index contributed by atoms with van der Waals surface area (Å²) in [6.07, 6.45) is 8.41. The van der Waals surface area contributed by atoms with E-state index in [0.717, 1.165) is 39.3 Å². The number of fused-ring (bicyclic) bond motifs is 1. The van der Waals surface area contributed by atoms with E-state index in [-0.39, 0.29) is 24.0 Å². The Kier molecular flexibility index (Phi) is 7.96. The van der Waals surface area contributed by atoms with Crippen LogP contribution in [0.1, 0.15) is 37.8 Å². The summed E-state index contributed by atoms with van der Waals surface area (Å²) in [5.74, 6) is 0.201. The molecular formula is C25H27N3O2S2. The van der Waals surface area contributed by atoms with Crippen molar-refractivity contribution in [3.8, 4) is 0 Å². The third-order valence-electron chi connectivity index (χ3n) is 5.42. The summed E-state index contributed by atoms with van der Waals surface area (Å²) in [5, 5.41) is 10.0. The van der Waals surface area contributed by atoms with E-state index in [0.29, 0.717) is 6.54 Å². The molecule has 1 aliphatic rings. The number of amides is 2. The molecule has 2 N–H and O–H groups in total. The highest BCUT2D eigenvalue weighted by Crippen LogP contribution is 2.25. The van der Waals surface area contributed by atoms with Crippen LogP contribution in [-0.2, 0) is 16.0 Å². The fourth-order valence-electron chi connectivity index (χ4n) is 3.81. The average molecular weight is 466 g/mol. The number of anilines is 1. The van der Waals surface area contributed by atoms with Gasteiger partial charge in [-0.1, -0.05) is 59.8 Å². The molecule has 1 heterocycles. The number of benzene rings is 2. The topological polar surface area (TPSA) is 71.1 Å². The summed E-state index contributed by atoms with van der Waals surface area (Å²) in [7, 11) is 0. The second-order valence-electron chi connectivity index (χ2n) is 7.85. The van der Waals surface area contributed by atoms with Gasteiger partial charge in [0.1, 0.15) is 0 Å². The molecule has 4 rings (SSSR count). The number of rotatable bonds is 9. The monoisotopic (exact) mass is 465 g/mol. The maximum absolute atomic E-state index is 12.4. The number of hydrogen-bond donors (Lipinski definition) is 2. The van der Waals surface area contributed by atoms with E-state index in [1.54, 1.807) is 0 Å². The van der Waals surface area contributed by atoms with Crippen molar-refractivity contribution in [1.29, 1.82) is 0 Å². The van der Waals surface area contributed by atoms with Crippen molar-refractivity contribution >= 4 is 51.4 Å². The molecule has 0 unspecified atom stereocenters. The van der Waals surface area contributed by atoms with Crippen molar-refractivity contribution in [2.24, 2.45) is 0 Å². The number of allylic oxidation sites excluding steroid dienone is 1. The number of hydrogen-bond acceptors (Lipinski definition) is 5. The Morgan fingerprint density at radius 1 is 1.06 bits per heavy atom. The third kappa shape index (κ3) is 6.43. The van der Waals surface area contributed by atoms with Gasteiger partial charge >= 0.3 is 0 Å². The van der Waals surface area contributed by atoms with E-state index < -0.39 is 0 Å². The number of nitrogens with one attached hydrogen (secondary N) is 2. The van der Waals surface area contributed by atoms with Crippen molar-refractivity contribution in [3.63, 3.8) is 0 Å². The number of thiazole rings is 1. The highest BCUT2D eigenvalue weighted by Gasteiger charge is 2.11. The van der Waals surface area contributed by atoms with Crippen molar-refractivity contribution in [3.05, 3.63) is 65.2 Å². The lowest BCUT2D eigenvalue weighted by molar-refractivity contribution is -0.120. The summed E-state index contributed by atoms with van der Waals surface area (Å²) in [6.45, 7) is 0.685. The Balaban J connectivity index is 1.21. The van der Waals surface area contributed by atoms with Gasteiger partial charge in [0.15, 0.2) is 4.34 Å². The van der Waals surface area contributed by atoms with Gasteiger partial charge in [-0.25, -0.2) is 4.98 Å². The lowest BCUT2D eigenvalue weighted by Crippen LogP contribution is -2.26. The maximum Gasteiger partial charge on any atom is 0.234 e. The summed E-state index contributed by atoms with van der Waals surface area (Å²) in [4.78, 5) is 29.1. The van der Waals surface area contributed by atoms with Gasteiger partial charge in [-0.3, -0.25) is 9.59 Å². The van der Waals surface area contributed by atoms with Gasteiger partial charge in [0.05, 0.1) is 17.9 Å². The van der Waals surface area contributed by atoms with Crippen LogP contribution in [0.25, 0.3) is 10.8 Å². The molecule has 5 nitrogen and oxygen atoms in total. The minimum atomic E-state index is -0.0714. The molecule has 32 heavy (non-hydrogen) atoms. The fraction of sp³-hybridized carbons (Fsp3) is 0.320. The normalized spacial score (nSPS) is 13.6. The van der Waals surface area contributed by atoms with E-state index >= 15 is 0 Å². The van der Waals surface area contributed by atoms with Crippen molar-refractivity contribution in [1.82, 2.24) is 10.3 Å². The number of nitrogens with zero attached hydrogens (tertiary/aromatic N) is 1. The van der Waals surface area contributed by atoms with Gasteiger partial charge in [0.25, 0.3) is 0 Å². The molecule has 2 amide bonds. The van der Waals surface area contributed by atoms with E-state index in [1.807, 2.05) is 47.8 Å². The second-order valence-corrected chi connectivity index (χ2v) is 9.93. The predicted molar refractivity (Wildman–Crippen MR) is 133 cm³/mol.